The van der Waals surface area contributed by atoms with Gasteiger partial charge in [0.2, 0.25) is 0 Å². The molecule has 1 N–H and O–H groups in total. The molecule has 0 unspecified atom stereocenters. The van der Waals surface area contributed by atoms with Gasteiger partial charge in [0.1, 0.15) is 5.82 Å². The smallest absolute Gasteiger partial charge is 0.163 e. The number of rotatable bonds is 6. The molecule has 0 saturated carbocycles. The van der Waals surface area contributed by atoms with E-state index >= 15 is 0 Å². The highest BCUT2D eigenvalue weighted by molar-refractivity contribution is 6.37. The molecule has 0 saturated heterocycles. The summed E-state index contributed by atoms with van der Waals surface area (Å²) < 4.78 is 16.2. The van der Waals surface area contributed by atoms with Crippen molar-refractivity contribution in [2.45, 2.75) is 13.3 Å². The van der Waals surface area contributed by atoms with Gasteiger partial charge >= 0.3 is 0 Å². The van der Waals surface area contributed by atoms with Gasteiger partial charge in [0.25, 0.3) is 0 Å². The van der Waals surface area contributed by atoms with E-state index in [4.69, 9.17) is 37.4 Å². The van der Waals surface area contributed by atoms with Crippen molar-refractivity contribution in [2.24, 2.45) is 0 Å². The standard InChI is InChI=1S/C18H18Cl2N2O3/c1-4-5-25-17-11(19)6-10(7-12(17)20)18-21-13-8-15(23-2)16(24-3)9-14(13)22-18/h6-9H,4-5H2,1-3H3,(H,21,22). The first-order chi connectivity index (χ1) is 12.1. The van der Waals surface area contributed by atoms with E-state index in [1.54, 1.807) is 26.4 Å². The van der Waals surface area contributed by atoms with Crippen LogP contribution >= 0.6 is 23.2 Å². The molecular weight excluding hydrogens is 363 g/mol. The van der Waals surface area contributed by atoms with Crippen LogP contribution in [0.2, 0.25) is 10.0 Å². The number of aromatic nitrogens is 2. The van der Waals surface area contributed by atoms with E-state index in [1.807, 2.05) is 19.1 Å². The Morgan fingerprint density at radius 2 is 1.64 bits per heavy atom. The monoisotopic (exact) mass is 380 g/mol. The van der Waals surface area contributed by atoms with Crippen LogP contribution in [0.5, 0.6) is 17.2 Å². The number of ether oxygens (including phenoxy) is 3. The van der Waals surface area contributed by atoms with Crippen LogP contribution in [0, 0.1) is 0 Å². The SMILES string of the molecule is CCCOc1c(Cl)cc(-c2nc3cc(OC)c(OC)cc3[nH]2)cc1Cl. The molecule has 7 heteroatoms. The minimum Gasteiger partial charge on any atom is -0.493 e. The molecule has 0 radical (unpaired) electrons. The number of methoxy groups -OCH3 is 2. The van der Waals surface area contributed by atoms with Crippen molar-refractivity contribution in [3.63, 3.8) is 0 Å². The van der Waals surface area contributed by atoms with Gasteiger partial charge in [0.15, 0.2) is 17.2 Å². The first-order valence-corrected chi connectivity index (χ1v) is 8.57. The molecule has 0 amide bonds. The molecule has 0 atom stereocenters. The molecule has 0 aliphatic rings. The number of hydrogen-bond donors (Lipinski definition) is 1. The maximum atomic E-state index is 6.32. The van der Waals surface area contributed by atoms with Crippen molar-refractivity contribution in [3.8, 4) is 28.6 Å². The van der Waals surface area contributed by atoms with Crippen molar-refractivity contribution in [1.29, 1.82) is 0 Å². The van der Waals surface area contributed by atoms with Crippen molar-refractivity contribution in [2.75, 3.05) is 20.8 Å². The summed E-state index contributed by atoms with van der Waals surface area (Å²) in [6.45, 7) is 2.58. The highest BCUT2D eigenvalue weighted by atomic mass is 35.5. The second-order valence-corrected chi connectivity index (χ2v) is 6.24. The largest absolute Gasteiger partial charge is 0.493 e. The number of halogens is 2. The number of hydrogen-bond acceptors (Lipinski definition) is 4. The van der Waals surface area contributed by atoms with Crippen LogP contribution in [-0.2, 0) is 0 Å². The van der Waals surface area contributed by atoms with Crippen molar-refractivity contribution < 1.29 is 14.2 Å². The van der Waals surface area contributed by atoms with E-state index in [1.165, 1.54) is 0 Å². The van der Waals surface area contributed by atoms with E-state index in [0.717, 1.165) is 23.0 Å². The highest BCUT2D eigenvalue weighted by Gasteiger charge is 2.15. The average molecular weight is 381 g/mol. The van der Waals surface area contributed by atoms with Gasteiger partial charge in [0, 0.05) is 17.7 Å². The molecule has 0 aliphatic carbocycles. The van der Waals surface area contributed by atoms with Crippen LogP contribution in [-0.4, -0.2) is 30.8 Å². The van der Waals surface area contributed by atoms with Gasteiger partial charge in [-0.25, -0.2) is 4.98 Å². The Morgan fingerprint density at radius 3 is 2.24 bits per heavy atom. The number of fused-ring (bicyclic) bond motifs is 1. The summed E-state index contributed by atoms with van der Waals surface area (Å²) in [5.74, 6) is 2.39. The molecule has 2 aromatic carbocycles. The lowest BCUT2D eigenvalue weighted by Crippen LogP contribution is -1.97. The van der Waals surface area contributed by atoms with Crippen LogP contribution < -0.4 is 14.2 Å². The molecule has 0 fully saturated rings. The quantitative estimate of drug-likeness (QED) is 0.626. The molecule has 0 aliphatic heterocycles. The maximum Gasteiger partial charge on any atom is 0.163 e. The molecule has 1 aromatic heterocycles. The molecule has 5 nitrogen and oxygen atoms in total. The van der Waals surface area contributed by atoms with Crippen LogP contribution in [0.15, 0.2) is 24.3 Å². The zero-order valence-electron chi connectivity index (χ0n) is 14.2. The Hall–Kier alpha value is -2.11. The molecule has 0 bridgehead atoms. The first kappa shape index (κ1) is 17.7. The third-order valence-electron chi connectivity index (χ3n) is 3.71. The number of nitrogens with zero attached hydrogens (tertiary/aromatic N) is 1. The van der Waals surface area contributed by atoms with Crippen LogP contribution in [0.3, 0.4) is 0 Å². The van der Waals surface area contributed by atoms with Gasteiger partial charge in [0.05, 0.1) is 41.9 Å². The third kappa shape index (κ3) is 3.48. The summed E-state index contributed by atoms with van der Waals surface area (Å²) in [5, 5.41) is 0.901. The predicted molar refractivity (Wildman–Crippen MR) is 100 cm³/mol. The van der Waals surface area contributed by atoms with E-state index in [-0.39, 0.29) is 0 Å². The third-order valence-corrected chi connectivity index (χ3v) is 4.27. The fraction of sp³-hybridized carbons (Fsp3) is 0.278. The second-order valence-electron chi connectivity index (χ2n) is 5.43. The zero-order chi connectivity index (χ0) is 18.0. The summed E-state index contributed by atoms with van der Waals surface area (Å²) in [7, 11) is 3.18. The molecule has 3 aromatic rings. The van der Waals surface area contributed by atoms with Crippen LogP contribution in [0.25, 0.3) is 22.4 Å². The van der Waals surface area contributed by atoms with Crippen molar-refractivity contribution >= 4 is 34.2 Å². The lowest BCUT2D eigenvalue weighted by Gasteiger charge is -2.10. The predicted octanol–water partition coefficient (Wildman–Crippen LogP) is 5.34. The van der Waals surface area contributed by atoms with Crippen LogP contribution in [0.4, 0.5) is 0 Å². The van der Waals surface area contributed by atoms with E-state index in [2.05, 4.69) is 9.97 Å². The topological polar surface area (TPSA) is 56.4 Å². The maximum absolute atomic E-state index is 6.32. The minimum atomic E-state index is 0.451. The highest BCUT2D eigenvalue weighted by Crippen LogP contribution is 2.38. The number of imidazole rings is 1. The molecule has 132 valence electrons. The van der Waals surface area contributed by atoms with Crippen LogP contribution in [0.1, 0.15) is 13.3 Å². The van der Waals surface area contributed by atoms with Gasteiger partial charge in [-0.3, -0.25) is 0 Å². The number of H-pyrrole nitrogens is 1. The number of benzene rings is 2. The van der Waals surface area contributed by atoms with Gasteiger partial charge in [-0.15, -0.1) is 0 Å². The lowest BCUT2D eigenvalue weighted by atomic mass is 10.2. The summed E-state index contributed by atoms with van der Waals surface area (Å²) in [4.78, 5) is 7.84. The number of nitrogens with one attached hydrogen (secondary N) is 1. The van der Waals surface area contributed by atoms with Crippen molar-refractivity contribution in [1.82, 2.24) is 9.97 Å². The molecule has 1 heterocycles. The Morgan fingerprint density at radius 1 is 1.00 bits per heavy atom. The molecular formula is C18H18Cl2N2O3. The molecule has 0 spiro atoms. The Labute approximate surface area is 155 Å². The fourth-order valence-electron chi connectivity index (χ4n) is 2.51. The summed E-state index contributed by atoms with van der Waals surface area (Å²) in [6.07, 6.45) is 0.877. The normalized spacial score (nSPS) is 10.9. The van der Waals surface area contributed by atoms with E-state index in [0.29, 0.717) is 39.7 Å². The number of aromatic amines is 1. The second kappa shape index (κ2) is 7.42. The zero-order valence-corrected chi connectivity index (χ0v) is 15.7. The first-order valence-electron chi connectivity index (χ1n) is 7.81. The Balaban J connectivity index is 2.04. The summed E-state index contributed by atoms with van der Waals surface area (Å²) in [5.41, 5.74) is 2.35. The fourth-order valence-corrected chi connectivity index (χ4v) is 3.11. The van der Waals surface area contributed by atoms with Gasteiger partial charge in [-0.05, 0) is 18.6 Å². The molecule has 3 rings (SSSR count). The van der Waals surface area contributed by atoms with Crippen molar-refractivity contribution in [3.05, 3.63) is 34.3 Å². The Kier molecular flexibility index (Phi) is 5.25. The molecule has 25 heavy (non-hydrogen) atoms. The van der Waals surface area contributed by atoms with Gasteiger partial charge in [-0.1, -0.05) is 30.1 Å². The van der Waals surface area contributed by atoms with Gasteiger partial charge in [-0.2, -0.15) is 0 Å². The Bertz CT molecular complexity index is 845. The summed E-state index contributed by atoms with van der Waals surface area (Å²) >= 11 is 12.6. The van der Waals surface area contributed by atoms with E-state index in [9.17, 15) is 0 Å². The lowest BCUT2D eigenvalue weighted by molar-refractivity contribution is 0.318. The minimum absolute atomic E-state index is 0.451. The summed E-state index contributed by atoms with van der Waals surface area (Å²) in [6, 6.07) is 7.22. The van der Waals surface area contributed by atoms with E-state index < -0.39 is 0 Å². The average Bonchev–Trinajstić information content (AvgIpc) is 3.02. The van der Waals surface area contributed by atoms with Gasteiger partial charge < -0.3 is 19.2 Å².